The van der Waals surface area contributed by atoms with Crippen molar-refractivity contribution in [2.45, 2.75) is 45.2 Å². The van der Waals surface area contributed by atoms with Gasteiger partial charge in [-0.15, -0.1) is 0 Å². The number of furan rings is 1. The molecule has 1 aliphatic carbocycles. The Morgan fingerprint density at radius 1 is 1.15 bits per heavy atom. The highest BCUT2D eigenvalue weighted by Crippen LogP contribution is 2.43. The van der Waals surface area contributed by atoms with Crippen molar-refractivity contribution in [2.24, 2.45) is 0 Å². The zero-order valence-electron chi connectivity index (χ0n) is 14.8. The SMILES string of the molecule is Cc1ccc(/C=C2\Oc3c(ccc4c3CN(C3CCCC3)CO4)C2=O)o1. The van der Waals surface area contributed by atoms with E-state index in [1.807, 2.05) is 25.1 Å². The zero-order valence-corrected chi connectivity index (χ0v) is 14.8. The summed E-state index contributed by atoms with van der Waals surface area (Å²) >= 11 is 0. The van der Waals surface area contributed by atoms with Crippen molar-refractivity contribution in [2.75, 3.05) is 6.73 Å². The highest BCUT2D eigenvalue weighted by atomic mass is 16.5. The number of Topliss-reactive ketones (excluding diaryl/α,β-unsaturated/α-hetero) is 1. The average Bonchev–Trinajstić information content (AvgIpc) is 3.37. The predicted octanol–water partition coefficient (Wildman–Crippen LogP) is 4.30. The van der Waals surface area contributed by atoms with Crippen molar-refractivity contribution in [3.05, 3.63) is 52.7 Å². The molecule has 0 N–H and O–H groups in total. The molecule has 2 aromatic rings. The van der Waals surface area contributed by atoms with E-state index in [1.165, 1.54) is 25.7 Å². The molecule has 0 saturated heterocycles. The van der Waals surface area contributed by atoms with Crippen LogP contribution in [0.25, 0.3) is 6.08 Å². The van der Waals surface area contributed by atoms with Gasteiger partial charge in [0.2, 0.25) is 5.78 Å². The van der Waals surface area contributed by atoms with E-state index in [2.05, 4.69) is 4.90 Å². The summed E-state index contributed by atoms with van der Waals surface area (Å²) in [5.74, 6) is 3.09. The number of ketones is 1. The van der Waals surface area contributed by atoms with Crippen LogP contribution in [0.15, 0.2) is 34.4 Å². The molecule has 5 rings (SSSR count). The Hall–Kier alpha value is -2.53. The van der Waals surface area contributed by atoms with Crippen LogP contribution < -0.4 is 9.47 Å². The van der Waals surface area contributed by atoms with Crippen LogP contribution >= 0.6 is 0 Å². The van der Waals surface area contributed by atoms with Crippen molar-refractivity contribution in [3.63, 3.8) is 0 Å². The minimum Gasteiger partial charge on any atom is -0.478 e. The van der Waals surface area contributed by atoms with Gasteiger partial charge in [0, 0.05) is 18.7 Å². The quantitative estimate of drug-likeness (QED) is 0.755. The van der Waals surface area contributed by atoms with Gasteiger partial charge in [0.15, 0.2) is 5.76 Å². The molecule has 3 aliphatic rings. The molecule has 0 amide bonds. The third-order valence-corrected chi connectivity index (χ3v) is 5.52. The number of hydrogen-bond acceptors (Lipinski definition) is 5. The number of aryl methyl sites for hydroxylation is 1. The maximum Gasteiger partial charge on any atom is 0.232 e. The Bertz CT molecular complexity index is 905. The molecule has 0 bridgehead atoms. The van der Waals surface area contributed by atoms with E-state index in [1.54, 1.807) is 12.1 Å². The summed E-state index contributed by atoms with van der Waals surface area (Å²) in [7, 11) is 0. The first kappa shape index (κ1) is 15.7. The molecule has 1 saturated carbocycles. The summed E-state index contributed by atoms with van der Waals surface area (Å²) in [5.41, 5.74) is 1.59. The summed E-state index contributed by atoms with van der Waals surface area (Å²) in [6, 6.07) is 7.96. The lowest BCUT2D eigenvalue weighted by Gasteiger charge is -2.33. The topological polar surface area (TPSA) is 51.9 Å². The number of ether oxygens (including phenoxy) is 2. The molecule has 3 heterocycles. The fraction of sp³-hybridized carbons (Fsp3) is 0.381. The van der Waals surface area contributed by atoms with Crippen LogP contribution in [-0.4, -0.2) is 23.5 Å². The number of carbonyl (C=O) groups excluding carboxylic acids is 1. The minimum absolute atomic E-state index is 0.102. The van der Waals surface area contributed by atoms with E-state index < -0.39 is 0 Å². The molecule has 26 heavy (non-hydrogen) atoms. The third kappa shape index (κ3) is 2.54. The van der Waals surface area contributed by atoms with Crippen LogP contribution in [0.5, 0.6) is 11.5 Å². The van der Waals surface area contributed by atoms with Gasteiger partial charge < -0.3 is 13.9 Å². The van der Waals surface area contributed by atoms with Crippen LogP contribution in [0.4, 0.5) is 0 Å². The molecular weight excluding hydrogens is 330 g/mol. The van der Waals surface area contributed by atoms with Gasteiger partial charge in [0.25, 0.3) is 0 Å². The maximum absolute atomic E-state index is 12.7. The molecule has 0 spiro atoms. The van der Waals surface area contributed by atoms with Crippen molar-refractivity contribution in [3.8, 4) is 11.5 Å². The van der Waals surface area contributed by atoms with E-state index in [0.717, 1.165) is 23.6 Å². The number of fused-ring (bicyclic) bond motifs is 3. The minimum atomic E-state index is -0.102. The van der Waals surface area contributed by atoms with E-state index in [4.69, 9.17) is 13.9 Å². The molecule has 0 unspecified atom stereocenters. The average molecular weight is 351 g/mol. The number of hydrogen-bond donors (Lipinski definition) is 0. The van der Waals surface area contributed by atoms with Crippen LogP contribution in [0.1, 0.15) is 53.1 Å². The maximum atomic E-state index is 12.7. The molecular formula is C21H21NO4. The second-order valence-electron chi connectivity index (χ2n) is 7.27. The van der Waals surface area contributed by atoms with E-state index in [0.29, 0.717) is 35.6 Å². The van der Waals surface area contributed by atoms with E-state index >= 15 is 0 Å². The Kier molecular flexibility index (Phi) is 3.64. The highest BCUT2D eigenvalue weighted by molar-refractivity contribution is 6.14. The lowest BCUT2D eigenvalue weighted by molar-refractivity contribution is 0.0567. The number of rotatable bonds is 2. The third-order valence-electron chi connectivity index (χ3n) is 5.52. The smallest absolute Gasteiger partial charge is 0.232 e. The van der Waals surface area contributed by atoms with Gasteiger partial charge in [-0.05, 0) is 44.0 Å². The standard InChI is InChI=1S/C21H21NO4/c1-13-6-7-15(25-13)10-19-20(23)16-8-9-18-17(21(16)26-19)11-22(12-24-18)14-4-2-3-5-14/h6-10,14H,2-5,11-12H2,1H3/b19-10-. The molecule has 0 radical (unpaired) electrons. The Morgan fingerprint density at radius 3 is 2.77 bits per heavy atom. The van der Waals surface area contributed by atoms with Gasteiger partial charge in [-0.2, -0.15) is 0 Å². The Morgan fingerprint density at radius 2 is 2.00 bits per heavy atom. The van der Waals surface area contributed by atoms with Crippen molar-refractivity contribution >= 4 is 11.9 Å². The molecule has 2 aliphatic heterocycles. The summed E-state index contributed by atoms with van der Waals surface area (Å²) in [4.78, 5) is 15.1. The van der Waals surface area contributed by atoms with Crippen LogP contribution in [0, 0.1) is 6.92 Å². The van der Waals surface area contributed by atoms with Crippen molar-refractivity contribution < 1.29 is 18.7 Å². The van der Waals surface area contributed by atoms with Gasteiger partial charge in [0.05, 0.1) is 11.1 Å². The molecule has 1 aromatic heterocycles. The molecule has 0 atom stereocenters. The lowest BCUT2D eigenvalue weighted by Crippen LogP contribution is -2.39. The predicted molar refractivity (Wildman–Crippen MR) is 96.1 cm³/mol. The highest BCUT2D eigenvalue weighted by Gasteiger charge is 2.35. The Balaban J connectivity index is 1.47. The number of allylic oxidation sites excluding steroid dienone is 1. The van der Waals surface area contributed by atoms with Gasteiger partial charge in [-0.3, -0.25) is 9.69 Å². The summed E-state index contributed by atoms with van der Waals surface area (Å²) in [5, 5.41) is 0. The second-order valence-corrected chi connectivity index (χ2v) is 7.27. The van der Waals surface area contributed by atoms with Crippen LogP contribution in [0.2, 0.25) is 0 Å². The number of nitrogens with zero attached hydrogens (tertiary/aromatic N) is 1. The van der Waals surface area contributed by atoms with E-state index in [9.17, 15) is 4.79 Å². The monoisotopic (exact) mass is 351 g/mol. The summed E-state index contributed by atoms with van der Waals surface area (Å²) in [6.07, 6.45) is 6.67. The molecule has 5 heteroatoms. The first-order valence-electron chi connectivity index (χ1n) is 9.22. The summed E-state index contributed by atoms with van der Waals surface area (Å²) < 4.78 is 17.5. The van der Waals surface area contributed by atoms with Crippen molar-refractivity contribution in [1.29, 1.82) is 0 Å². The number of benzene rings is 1. The first-order valence-corrected chi connectivity index (χ1v) is 9.22. The van der Waals surface area contributed by atoms with Gasteiger partial charge in [-0.25, -0.2) is 0 Å². The molecule has 5 nitrogen and oxygen atoms in total. The van der Waals surface area contributed by atoms with E-state index in [-0.39, 0.29) is 5.78 Å². The lowest BCUT2D eigenvalue weighted by atomic mass is 10.0. The summed E-state index contributed by atoms with van der Waals surface area (Å²) in [6.45, 7) is 3.25. The molecule has 134 valence electrons. The largest absolute Gasteiger partial charge is 0.478 e. The van der Waals surface area contributed by atoms with Gasteiger partial charge in [0.1, 0.15) is 29.8 Å². The molecule has 1 aromatic carbocycles. The first-order chi connectivity index (χ1) is 12.7. The van der Waals surface area contributed by atoms with Gasteiger partial charge >= 0.3 is 0 Å². The number of carbonyl (C=O) groups is 1. The Labute approximate surface area is 152 Å². The van der Waals surface area contributed by atoms with Crippen LogP contribution in [-0.2, 0) is 6.54 Å². The second kappa shape index (κ2) is 6.02. The van der Waals surface area contributed by atoms with Gasteiger partial charge in [-0.1, -0.05) is 12.8 Å². The fourth-order valence-electron chi connectivity index (χ4n) is 4.14. The van der Waals surface area contributed by atoms with Crippen molar-refractivity contribution in [1.82, 2.24) is 4.90 Å². The fourth-order valence-corrected chi connectivity index (χ4v) is 4.14. The van der Waals surface area contributed by atoms with Crippen LogP contribution in [0.3, 0.4) is 0 Å². The zero-order chi connectivity index (χ0) is 17.7. The normalized spacial score (nSPS) is 21.6. The molecule has 1 fully saturated rings.